The first-order valence-corrected chi connectivity index (χ1v) is 16.9. The molecule has 0 aliphatic rings. The molecular formula is C28H20S2Si2. The smallest absolute Gasteiger partial charge is 0.104 e. The number of benzene rings is 4. The topological polar surface area (TPSA) is 0 Å². The third-order valence-electron chi connectivity index (χ3n) is 5.89. The van der Waals surface area contributed by atoms with Crippen LogP contribution in [-0.2, 0) is 0 Å². The Morgan fingerprint density at radius 2 is 1.06 bits per heavy atom. The molecule has 0 spiro atoms. The van der Waals surface area contributed by atoms with Crippen molar-refractivity contribution in [1.29, 1.82) is 0 Å². The molecule has 0 aliphatic carbocycles. The minimum atomic E-state index is -0.331. The van der Waals surface area contributed by atoms with E-state index in [0.717, 1.165) is 0 Å². The van der Waals surface area contributed by atoms with Crippen molar-refractivity contribution < 1.29 is 0 Å². The van der Waals surface area contributed by atoms with Crippen LogP contribution in [0.4, 0.5) is 0 Å². The van der Waals surface area contributed by atoms with Gasteiger partial charge in [-0.1, -0.05) is 73.5 Å². The van der Waals surface area contributed by atoms with Gasteiger partial charge in [-0.05, 0) is 33.7 Å². The third-order valence-corrected chi connectivity index (χ3v) is 9.39. The Hall–Kier alpha value is -2.87. The Kier molecular flexibility index (Phi) is 4.90. The molecule has 0 saturated carbocycles. The van der Waals surface area contributed by atoms with E-state index in [1.165, 1.54) is 62.2 Å². The molecule has 2 aromatic heterocycles. The lowest BCUT2D eigenvalue weighted by Gasteiger charge is -2.04. The van der Waals surface area contributed by atoms with Crippen molar-refractivity contribution in [1.82, 2.24) is 0 Å². The third kappa shape index (κ3) is 2.96. The minimum Gasteiger partial charge on any atom is -0.134 e. The van der Waals surface area contributed by atoms with Crippen LogP contribution in [0.2, 0.25) is 13.1 Å². The van der Waals surface area contributed by atoms with Crippen LogP contribution in [0, 0.1) is 22.9 Å². The molecule has 0 unspecified atom stereocenters. The van der Waals surface area contributed by atoms with Crippen molar-refractivity contribution in [2.45, 2.75) is 13.1 Å². The first kappa shape index (κ1) is 19.8. The van der Waals surface area contributed by atoms with E-state index in [1.54, 1.807) is 0 Å². The molecular weight excluding hydrogens is 457 g/mol. The Bertz CT molecular complexity index is 1680. The fourth-order valence-corrected chi connectivity index (χ4v) is 8.04. The summed E-state index contributed by atoms with van der Waals surface area (Å²) in [7, 11) is -0.663. The molecule has 6 aromatic rings. The summed E-state index contributed by atoms with van der Waals surface area (Å²) >= 11 is 3.83. The van der Waals surface area contributed by atoms with E-state index < -0.39 is 0 Å². The average Bonchev–Trinajstić information content (AvgIpc) is 3.34. The molecule has 0 atom stereocenters. The summed E-state index contributed by atoms with van der Waals surface area (Å²) in [5.74, 6) is 7.17. The molecule has 0 radical (unpaired) electrons. The minimum absolute atomic E-state index is 0.331. The van der Waals surface area contributed by atoms with Gasteiger partial charge in [0, 0.05) is 31.3 Å². The molecule has 0 fully saturated rings. The van der Waals surface area contributed by atoms with E-state index in [2.05, 4.69) is 96.7 Å². The van der Waals surface area contributed by atoms with Crippen molar-refractivity contribution in [2.75, 3.05) is 0 Å². The Balaban J connectivity index is 1.85. The van der Waals surface area contributed by atoms with Crippen molar-refractivity contribution in [3.63, 3.8) is 0 Å². The zero-order valence-corrected chi connectivity index (χ0v) is 22.5. The zero-order valence-electron chi connectivity index (χ0n) is 18.0. The maximum atomic E-state index is 3.59. The Labute approximate surface area is 199 Å². The predicted molar refractivity (Wildman–Crippen MR) is 152 cm³/mol. The van der Waals surface area contributed by atoms with Crippen LogP contribution in [0.15, 0.2) is 60.7 Å². The fraction of sp³-hybridized carbons (Fsp3) is 0.0714. The van der Waals surface area contributed by atoms with Gasteiger partial charge in [0.15, 0.2) is 0 Å². The molecule has 32 heavy (non-hydrogen) atoms. The largest absolute Gasteiger partial charge is 0.134 e. The number of hydrogen-bond donors (Lipinski definition) is 0. The first-order chi connectivity index (χ1) is 15.8. The maximum absolute atomic E-state index is 3.59. The lowest BCUT2D eigenvalue weighted by atomic mass is 10.00. The highest BCUT2D eigenvalue weighted by Gasteiger charge is 2.19. The molecule has 6 rings (SSSR count). The summed E-state index contributed by atoms with van der Waals surface area (Å²) in [6.07, 6.45) is 0. The lowest BCUT2D eigenvalue weighted by molar-refractivity contribution is 1.79. The lowest BCUT2D eigenvalue weighted by Crippen LogP contribution is -1.83. The Morgan fingerprint density at radius 3 is 1.50 bits per heavy atom. The van der Waals surface area contributed by atoms with Gasteiger partial charge in [-0.25, -0.2) is 0 Å². The van der Waals surface area contributed by atoms with Gasteiger partial charge in [0.25, 0.3) is 0 Å². The van der Waals surface area contributed by atoms with E-state index in [0.29, 0.717) is 0 Å². The fourth-order valence-electron chi connectivity index (χ4n) is 4.51. The summed E-state index contributed by atoms with van der Waals surface area (Å²) in [5, 5.41) is 7.79. The molecule has 0 nitrogen and oxygen atoms in total. The highest BCUT2D eigenvalue weighted by atomic mass is 32.1. The van der Waals surface area contributed by atoms with Gasteiger partial charge >= 0.3 is 0 Å². The molecule has 152 valence electrons. The summed E-state index contributed by atoms with van der Waals surface area (Å²) in [6, 6.07) is 22.1. The van der Waals surface area contributed by atoms with Crippen LogP contribution in [-0.4, -0.2) is 19.0 Å². The van der Waals surface area contributed by atoms with Crippen molar-refractivity contribution in [3.05, 3.63) is 71.8 Å². The summed E-state index contributed by atoms with van der Waals surface area (Å²) < 4.78 is 5.43. The molecule has 4 aromatic carbocycles. The van der Waals surface area contributed by atoms with Crippen molar-refractivity contribution >= 4 is 92.8 Å². The van der Waals surface area contributed by atoms with Gasteiger partial charge < -0.3 is 0 Å². The van der Waals surface area contributed by atoms with Gasteiger partial charge in [-0.15, -0.1) is 33.8 Å². The van der Waals surface area contributed by atoms with Crippen LogP contribution in [0.25, 0.3) is 51.1 Å². The van der Waals surface area contributed by atoms with Crippen LogP contribution in [0.3, 0.4) is 0 Å². The van der Waals surface area contributed by atoms with Crippen LogP contribution >= 0.6 is 22.7 Å². The van der Waals surface area contributed by atoms with Gasteiger partial charge in [-0.3, -0.25) is 0 Å². The predicted octanol–water partition coefficient (Wildman–Crippen LogP) is 6.63. The standard InChI is InChI=1S/C28H20S2Si2/c1-31-13-11-21-19-9-5-3-7-17(19)15-23-25(21)27-28(29-23)26-22(12-14-32-2)20-10-6-4-8-18(20)16-24(26)30-27/h3-10,15-16H,31-32H2,1-2H3. The van der Waals surface area contributed by atoms with Crippen LogP contribution in [0.1, 0.15) is 11.1 Å². The highest BCUT2D eigenvalue weighted by molar-refractivity contribution is 7.36. The molecule has 0 amide bonds. The zero-order chi connectivity index (χ0) is 21.7. The monoisotopic (exact) mass is 476 g/mol. The quantitative estimate of drug-likeness (QED) is 0.171. The van der Waals surface area contributed by atoms with E-state index in [-0.39, 0.29) is 19.0 Å². The van der Waals surface area contributed by atoms with Crippen LogP contribution < -0.4 is 0 Å². The second-order valence-corrected chi connectivity index (χ2v) is 12.1. The first-order valence-electron chi connectivity index (χ1n) is 11.0. The summed E-state index contributed by atoms with van der Waals surface area (Å²) in [6.45, 7) is 4.51. The van der Waals surface area contributed by atoms with Gasteiger partial charge in [0.05, 0.1) is 9.40 Å². The molecule has 0 N–H and O–H groups in total. The van der Waals surface area contributed by atoms with Gasteiger partial charge in [-0.2, -0.15) is 0 Å². The van der Waals surface area contributed by atoms with E-state index >= 15 is 0 Å². The average molecular weight is 477 g/mol. The molecule has 4 heteroatoms. The SMILES string of the molecule is C[SiH2]C#Cc1c2ccccc2cc2sc3c(sc4cc5ccccc5c(C#C[SiH2]C)c43)c12. The number of hydrogen-bond acceptors (Lipinski definition) is 2. The Morgan fingerprint density at radius 1 is 0.625 bits per heavy atom. The number of fused-ring (bicyclic) bond motifs is 7. The van der Waals surface area contributed by atoms with E-state index in [1.807, 2.05) is 22.7 Å². The second kappa shape index (κ2) is 7.92. The molecule has 0 saturated heterocycles. The summed E-state index contributed by atoms with van der Waals surface area (Å²) in [5.41, 5.74) is 9.39. The summed E-state index contributed by atoms with van der Waals surface area (Å²) in [4.78, 5) is 0. The maximum Gasteiger partial charge on any atom is 0.104 e. The number of thiophene rings is 2. The van der Waals surface area contributed by atoms with Crippen molar-refractivity contribution in [3.8, 4) is 22.9 Å². The number of rotatable bonds is 0. The normalized spacial score (nSPS) is 11.9. The van der Waals surface area contributed by atoms with Gasteiger partial charge in [0.2, 0.25) is 0 Å². The molecule has 2 heterocycles. The molecule has 0 bridgehead atoms. The second-order valence-electron chi connectivity index (χ2n) is 7.86. The highest BCUT2D eigenvalue weighted by Crippen LogP contribution is 2.48. The van der Waals surface area contributed by atoms with E-state index in [4.69, 9.17) is 0 Å². The van der Waals surface area contributed by atoms with E-state index in [9.17, 15) is 0 Å². The van der Waals surface area contributed by atoms with Crippen LogP contribution in [0.5, 0.6) is 0 Å². The molecule has 0 aliphatic heterocycles. The van der Waals surface area contributed by atoms with Gasteiger partial charge in [0.1, 0.15) is 19.0 Å². The van der Waals surface area contributed by atoms with Crippen molar-refractivity contribution in [2.24, 2.45) is 0 Å².